The average Bonchev–Trinajstić information content (AvgIpc) is 3.03. The minimum atomic E-state index is -4.84. The zero-order valence-electron chi connectivity index (χ0n) is 12.8. The van der Waals surface area contributed by atoms with Gasteiger partial charge in [0.25, 0.3) is 0 Å². The first-order chi connectivity index (χ1) is 12.1. The van der Waals surface area contributed by atoms with Crippen LogP contribution in [0.4, 0.5) is 17.6 Å². The van der Waals surface area contributed by atoms with Crippen LogP contribution >= 0.6 is 0 Å². The molecule has 0 atom stereocenters. The number of halogens is 4. The van der Waals surface area contributed by atoms with E-state index in [0.29, 0.717) is 17.7 Å². The van der Waals surface area contributed by atoms with Crippen LogP contribution in [0.2, 0.25) is 0 Å². The Morgan fingerprint density at radius 1 is 0.962 bits per heavy atom. The summed E-state index contributed by atoms with van der Waals surface area (Å²) in [7, 11) is -3.85. The number of hydrogen-bond donors (Lipinski definition) is 1. The average molecular weight is 386 g/mol. The van der Waals surface area contributed by atoms with Gasteiger partial charge in [0.15, 0.2) is 5.76 Å². The fourth-order valence-electron chi connectivity index (χ4n) is 2.26. The molecule has 0 saturated carbocycles. The van der Waals surface area contributed by atoms with Gasteiger partial charge >= 0.3 is 6.18 Å². The molecule has 3 rings (SSSR count). The molecule has 0 aliphatic heterocycles. The Morgan fingerprint density at radius 3 is 2.15 bits per heavy atom. The van der Waals surface area contributed by atoms with E-state index in [2.05, 4.69) is 5.16 Å². The van der Waals surface area contributed by atoms with Crippen molar-refractivity contribution in [3.63, 3.8) is 0 Å². The second-order valence-electron chi connectivity index (χ2n) is 5.34. The van der Waals surface area contributed by atoms with Crippen LogP contribution < -0.4 is 5.14 Å². The van der Waals surface area contributed by atoms with Crippen molar-refractivity contribution in [1.82, 2.24) is 5.16 Å². The smallest absolute Gasteiger partial charge is 0.356 e. The van der Waals surface area contributed by atoms with Gasteiger partial charge in [-0.2, -0.15) is 13.2 Å². The van der Waals surface area contributed by atoms with Crippen LogP contribution in [0.5, 0.6) is 0 Å². The Balaban J connectivity index is 1.96. The second-order valence-corrected chi connectivity index (χ2v) is 6.90. The van der Waals surface area contributed by atoms with Gasteiger partial charge in [-0.3, -0.25) is 0 Å². The summed E-state index contributed by atoms with van der Waals surface area (Å²) < 4.78 is 79.3. The lowest BCUT2D eigenvalue weighted by Gasteiger charge is -2.08. The van der Waals surface area contributed by atoms with Crippen LogP contribution in [0.3, 0.4) is 0 Å². The van der Waals surface area contributed by atoms with E-state index in [4.69, 9.17) is 9.66 Å². The van der Waals surface area contributed by atoms with Gasteiger partial charge in [0.05, 0.1) is 10.5 Å². The van der Waals surface area contributed by atoms with Gasteiger partial charge in [0.1, 0.15) is 11.5 Å². The molecule has 2 N–H and O–H groups in total. The fraction of sp³-hybridized carbons (Fsp3) is 0.0625. The minimum absolute atomic E-state index is 0.000947. The van der Waals surface area contributed by atoms with Crippen molar-refractivity contribution < 1.29 is 30.5 Å². The monoisotopic (exact) mass is 386 g/mol. The van der Waals surface area contributed by atoms with Gasteiger partial charge in [-0.15, -0.1) is 0 Å². The fourth-order valence-corrected chi connectivity index (χ4v) is 2.77. The van der Waals surface area contributed by atoms with Crippen molar-refractivity contribution in [3.05, 3.63) is 59.9 Å². The summed E-state index contributed by atoms with van der Waals surface area (Å²) in [6, 6.07) is 9.20. The number of alkyl halides is 3. The SMILES string of the molecule is NS(=O)(=O)c1ccc(-c2cc(-c3ccc(F)c(C(F)(F)F)c3)on2)cc1. The summed E-state index contributed by atoms with van der Waals surface area (Å²) >= 11 is 0. The molecular weight excluding hydrogens is 376 g/mol. The Morgan fingerprint density at radius 2 is 1.58 bits per heavy atom. The van der Waals surface area contributed by atoms with Gasteiger partial charge < -0.3 is 4.52 Å². The van der Waals surface area contributed by atoms with Crippen LogP contribution in [0.1, 0.15) is 5.56 Å². The third kappa shape index (κ3) is 3.60. The van der Waals surface area contributed by atoms with E-state index >= 15 is 0 Å². The number of nitrogens with two attached hydrogens (primary N) is 1. The number of nitrogens with zero attached hydrogens (tertiary/aromatic N) is 1. The van der Waals surface area contributed by atoms with E-state index in [0.717, 1.165) is 6.07 Å². The highest BCUT2D eigenvalue weighted by Gasteiger charge is 2.34. The summed E-state index contributed by atoms with van der Waals surface area (Å²) in [4.78, 5) is -0.0988. The van der Waals surface area contributed by atoms with Crippen molar-refractivity contribution in [2.24, 2.45) is 5.14 Å². The van der Waals surface area contributed by atoms with Crippen LogP contribution in [0.15, 0.2) is 57.9 Å². The number of sulfonamides is 1. The van der Waals surface area contributed by atoms with Crippen molar-refractivity contribution in [1.29, 1.82) is 0 Å². The Labute approximate surface area is 145 Å². The maximum Gasteiger partial charge on any atom is 0.419 e. The predicted molar refractivity (Wildman–Crippen MR) is 83.7 cm³/mol. The molecule has 2 aromatic carbocycles. The molecule has 0 bridgehead atoms. The Hall–Kier alpha value is -2.72. The molecule has 10 heteroatoms. The molecule has 0 aliphatic carbocycles. The lowest BCUT2D eigenvalue weighted by atomic mass is 10.1. The number of aromatic nitrogens is 1. The van der Waals surface area contributed by atoms with Crippen LogP contribution in [0.25, 0.3) is 22.6 Å². The number of primary sulfonamides is 1. The highest BCUT2D eigenvalue weighted by molar-refractivity contribution is 7.89. The standard InChI is InChI=1S/C16H10F4N2O3S/c17-13-6-3-10(7-12(13)16(18,19)20)15-8-14(22-25-15)9-1-4-11(5-2-9)26(21,23)24/h1-8H,(H2,21,23,24). The van der Waals surface area contributed by atoms with Gasteiger partial charge in [-0.25, -0.2) is 17.9 Å². The molecular formula is C16H10F4N2O3S. The molecule has 1 aromatic heterocycles. The van der Waals surface area contributed by atoms with Crippen LogP contribution in [-0.4, -0.2) is 13.6 Å². The number of hydrogen-bond acceptors (Lipinski definition) is 4. The summed E-state index contributed by atoms with van der Waals surface area (Å²) in [5.74, 6) is -1.39. The summed E-state index contributed by atoms with van der Waals surface area (Å²) in [5.41, 5.74) is -0.687. The molecule has 0 fully saturated rings. The lowest BCUT2D eigenvalue weighted by molar-refractivity contribution is -0.139. The van der Waals surface area contributed by atoms with E-state index in [1.54, 1.807) is 0 Å². The zero-order chi connectivity index (χ0) is 19.1. The summed E-state index contributed by atoms with van der Waals surface area (Å²) in [6.07, 6.45) is -4.84. The number of rotatable bonds is 3. The Bertz CT molecular complexity index is 1060. The molecule has 26 heavy (non-hydrogen) atoms. The van der Waals surface area contributed by atoms with E-state index < -0.39 is 27.6 Å². The van der Waals surface area contributed by atoms with Crippen molar-refractivity contribution >= 4 is 10.0 Å². The molecule has 0 amide bonds. The first-order valence-electron chi connectivity index (χ1n) is 7.03. The Kier molecular flexibility index (Phi) is 4.32. The van der Waals surface area contributed by atoms with Crippen molar-refractivity contribution in [2.75, 3.05) is 0 Å². The maximum absolute atomic E-state index is 13.4. The normalized spacial score (nSPS) is 12.3. The van der Waals surface area contributed by atoms with Gasteiger partial charge in [0, 0.05) is 17.2 Å². The first-order valence-corrected chi connectivity index (χ1v) is 8.57. The highest BCUT2D eigenvalue weighted by Crippen LogP contribution is 2.35. The molecule has 0 spiro atoms. The molecule has 0 saturated heterocycles. The van der Waals surface area contributed by atoms with Crippen molar-refractivity contribution in [3.8, 4) is 22.6 Å². The maximum atomic E-state index is 13.4. The second kappa shape index (κ2) is 6.22. The molecule has 5 nitrogen and oxygen atoms in total. The van der Waals surface area contributed by atoms with Gasteiger partial charge in [-0.1, -0.05) is 17.3 Å². The van der Waals surface area contributed by atoms with Crippen LogP contribution in [0, 0.1) is 5.82 Å². The zero-order valence-corrected chi connectivity index (χ0v) is 13.6. The molecule has 136 valence electrons. The predicted octanol–water partition coefficient (Wildman–Crippen LogP) is 3.81. The van der Waals surface area contributed by atoms with E-state index in [9.17, 15) is 26.0 Å². The van der Waals surface area contributed by atoms with E-state index in [-0.39, 0.29) is 21.9 Å². The lowest BCUT2D eigenvalue weighted by Crippen LogP contribution is -2.11. The third-order valence-corrected chi connectivity index (χ3v) is 4.47. The van der Waals surface area contributed by atoms with Crippen molar-refractivity contribution in [2.45, 2.75) is 11.1 Å². The molecule has 0 aliphatic rings. The summed E-state index contributed by atoms with van der Waals surface area (Å²) in [5, 5.41) is 8.74. The van der Waals surface area contributed by atoms with Gasteiger partial charge in [0.2, 0.25) is 10.0 Å². The topological polar surface area (TPSA) is 86.2 Å². The first kappa shape index (κ1) is 18.1. The molecule has 0 unspecified atom stereocenters. The van der Waals surface area contributed by atoms with Gasteiger partial charge in [-0.05, 0) is 30.3 Å². The largest absolute Gasteiger partial charge is 0.419 e. The van der Waals surface area contributed by atoms with E-state index in [1.165, 1.54) is 30.3 Å². The third-order valence-electron chi connectivity index (χ3n) is 3.55. The molecule has 3 aromatic rings. The molecule has 0 radical (unpaired) electrons. The quantitative estimate of drug-likeness (QED) is 0.694. The number of benzene rings is 2. The van der Waals surface area contributed by atoms with E-state index in [1.807, 2.05) is 0 Å². The minimum Gasteiger partial charge on any atom is -0.356 e. The van der Waals surface area contributed by atoms with Crippen LogP contribution in [-0.2, 0) is 16.2 Å². The summed E-state index contributed by atoms with van der Waals surface area (Å²) in [6.45, 7) is 0. The molecule has 1 heterocycles. The highest BCUT2D eigenvalue weighted by atomic mass is 32.2.